The molecular formula is C16H19ClN2O. The van der Waals surface area contributed by atoms with Crippen molar-refractivity contribution in [2.45, 2.75) is 19.8 Å². The van der Waals surface area contributed by atoms with Gasteiger partial charge in [-0.1, -0.05) is 35.9 Å². The van der Waals surface area contributed by atoms with Crippen molar-refractivity contribution in [1.29, 1.82) is 0 Å². The molecule has 0 unspecified atom stereocenters. The Morgan fingerprint density at radius 2 is 2.10 bits per heavy atom. The molecule has 3 nitrogen and oxygen atoms in total. The lowest BCUT2D eigenvalue weighted by molar-refractivity contribution is 0.289. The Morgan fingerprint density at radius 1 is 1.35 bits per heavy atom. The Hall–Kier alpha value is -1.87. The first-order chi connectivity index (χ1) is 9.56. The minimum atomic E-state index is 0.364. The third kappa shape index (κ3) is 2.68. The molecule has 0 saturated heterocycles. The van der Waals surface area contributed by atoms with E-state index in [-0.39, 0.29) is 0 Å². The van der Waals surface area contributed by atoms with E-state index in [9.17, 15) is 0 Å². The van der Waals surface area contributed by atoms with Crippen LogP contribution in [0.2, 0.25) is 5.02 Å². The van der Waals surface area contributed by atoms with E-state index < -0.39 is 0 Å². The highest BCUT2D eigenvalue weighted by Crippen LogP contribution is 2.38. The Morgan fingerprint density at radius 3 is 2.75 bits per heavy atom. The maximum atomic E-state index is 6.12. The number of para-hydroxylation sites is 1. The summed E-state index contributed by atoms with van der Waals surface area (Å²) in [6, 6.07) is 5.55. The van der Waals surface area contributed by atoms with Gasteiger partial charge in [0.15, 0.2) is 5.88 Å². The van der Waals surface area contributed by atoms with Crippen molar-refractivity contribution in [3.63, 3.8) is 0 Å². The minimum Gasteiger partial charge on any atom is -0.482 e. The zero-order chi connectivity index (χ0) is 14.7. The molecule has 20 heavy (non-hydrogen) atoms. The van der Waals surface area contributed by atoms with E-state index in [2.05, 4.69) is 19.1 Å². The molecule has 0 heterocycles. The van der Waals surface area contributed by atoms with E-state index in [0.717, 1.165) is 29.6 Å². The first-order valence-electron chi connectivity index (χ1n) is 6.51. The van der Waals surface area contributed by atoms with Crippen LogP contribution in [0.4, 0.5) is 5.69 Å². The van der Waals surface area contributed by atoms with Gasteiger partial charge in [-0.05, 0) is 37.0 Å². The average molecular weight is 291 g/mol. The van der Waals surface area contributed by atoms with Crippen molar-refractivity contribution in [2.75, 3.05) is 12.8 Å². The van der Waals surface area contributed by atoms with Crippen molar-refractivity contribution < 1.29 is 4.74 Å². The van der Waals surface area contributed by atoms with Crippen molar-refractivity contribution in [3.05, 3.63) is 58.0 Å². The van der Waals surface area contributed by atoms with Crippen LogP contribution in [0.5, 0.6) is 0 Å². The standard InChI is InChI=1S/C16H19ClN2O/c1-10-6-3-4-7-11(10)14(16(19)20-2)12-8-5-9-13(17)15(12)18/h3,5-6,8-9H,4,7,18-19H2,1-2H3/b16-14-. The smallest absolute Gasteiger partial charge is 0.192 e. The van der Waals surface area contributed by atoms with Gasteiger partial charge in [0.25, 0.3) is 0 Å². The number of hydrogen-bond acceptors (Lipinski definition) is 3. The van der Waals surface area contributed by atoms with E-state index in [4.69, 9.17) is 27.8 Å². The summed E-state index contributed by atoms with van der Waals surface area (Å²) < 4.78 is 5.26. The monoisotopic (exact) mass is 290 g/mol. The lowest BCUT2D eigenvalue weighted by atomic mass is 9.87. The van der Waals surface area contributed by atoms with Gasteiger partial charge in [-0.25, -0.2) is 0 Å². The topological polar surface area (TPSA) is 61.3 Å². The molecule has 0 fully saturated rings. The number of anilines is 1. The summed E-state index contributed by atoms with van der Waals surface area (Å²) in [5.74, 6) is 0.364. The third-order valence-electron chi connectivity index (χ3n) is 3.50. The summed E-state index contributed by atoms with van der Waals surface area (Å²) in [7, 11) is 1.56. The van der Waals surface area contributed by atoms with Gasteiger partial charge in [0.05, 0.1) is 17.8 Å². The Kier molecular flexibility index (Phi) is 4.40. The number of hydrogen-bond donors (Lipinski definition) is 2. The molecule has 0 amide bonds. The molecule has 106 valence electrons. The molecule has 0 aromatic heterocycles. The fourth-order valence-corrected chi connectivity index (χ4v) is 2.58. The summed E-state index contributed by atoms with van der Waals surface area (Å²) in [4.78, 5) is 0. The molecule has 1 aromatic carbocycles. The fraction of sp³-hybridized carbons (Fsp3) is 0.250. The normalized spacial score (nSPS) is 16.1. The maximum absolute atomic E-state index is 6.12. The number of halogens is 1. The van der Waals surface area contributed by atoms with Crippen LogP contribution < -0.4 is 11.5 Å². The zero-order valence-electron chi connectivity index (χ0n) is 11.7. The number of nitrogens with two attached hydrogens (primary N) is 2. The van der Waals surface area contributed by atoms with E-state index in [1.165, 1.54) is 5.57 Å². The third-order valence-corrected chi connectivity index (χ3v) is 3.82. The molecular weight excluding hydrogens is 272 g/mol. The van der Waals surface area contributed by atoms with Gasteiger partial charge in [-0.3, -0.25) is 0 Å². The van der Waals surface area contributed by atoms with Gasteiger partial charge >= 0.3 is 0 Å². The summed E-state index contributed by atoms with van der Waals surface area (Å²) in [6.07, 6.45) is 6.14. The second-order valence-electron chi connectivity index (χ2n) is 4.75. The molecule has 0 aliphatic heterocycles. The number of benzene rings is 1. The first kappa shape index (κ1) is 14.5. The second kappa shape index (κ2) is 6.06. The SMILES string of the molecule is CO/C(N)=C(/C1=C(C)C=CCC1)c1cccc(Cl)c1N. The molecule has 4 heteroatoms. The molecule has 0 spiro atoms. The molecule has 0 radical (unpaired) electrons. The van der Waals surface area contributed by atoms with Gasteiger partial charge in [-0.2, -0.15) is 0 Å². The first-order valence-corrected chi connectivity index (χ1v) is 6.88. The summed E-state index contributed by atoms with van der Waals surface area (Å²) >= 11 is 6.12. The summed E-state index contributed by atoms with van der Waals surface area (Å²) in [5, 5.41) is 0.522. The molecule has 4 N–H and O–H groups in total. The highest BCUT2D eigenvalue weighted by Gasteiger charge is 2.19. The Balaban J connectivity index is 2.67. The van der Waals surface area contributed by atoms with Crippen molar-refractivity contribution in [2.24, 2.45) is 5.73 Å². The largest absolute Gasteiger partial charge is 0.482 e. The van der Waals surface area contributed by atoms with Crippen molar-refractivity contribution in [1.82, 2.24) is 0 Å². The van der Waals surface area contributed by atoms with Crippen LogP contribution in [0.25, 0.3) is 5.57 Å². The lowest BCUT2D eigenvalue weighted by Gasteiger charge is -2.20. The molecule has 1 aromatic rings. The van der Waals surface area contributed by atoms with Gasteiger partial charge in [0, 0.05) is 11.1 Å². The molecule has 0 saturated carbocycles. The van der Waals surface area contributed by atoms with E-state index >= 15 is 0 Å². The number of allylic oxidation sites excluding steroid dienone is 5. The van der Waals surface area contributed by atoms with Gasteiger partial charge in [0.1, 0.15) is 0 Å². The summed E-state index contributed by atoms with van der Waals surface area (Å²) in [6.45, 7) is 2.06. The zero-order valence-corrected chi connectivity index (χ0v) is 12.5. The van der Waals surface area contributed by atoms with Crippen LogP contribution in [0.15, 0.2) is 47.4 Å². The lowest BCUT2D eigenvalue weighted by Crippen LogP contribution is -2.10. The van der Waals surface area contributed by atoms with E-state index in [0.29, 0.717) is 16.6 Å². The molecule has 0 bridgehead atoms. The number of ether oxygens (including phenoxy) is 1. The van der Waals surface area contributed by atoms with Crippen LogP contribution in [0.1, 0.15) is 25.3 Å². The molecule has 0 atom stereocenters. The van der Waals surface area contributed by atoms with Crippen molar-refractivity contribution >= 4 is 22.9 Å². The van der Waals surface area contributed by atoms with Crippen LogP contribution in [0.3, 0.4) is 0 Å². The van der Waals surface area contributed by atoms with Crippen LogP contribution >= 0.6 is 11.6 Å². The predicted octanol–water partition coefficient (Wildman–Crippen LogP) is 3.86. The van der Waals surface area contributed by atoms with Crippen LogP contribution in [0, 0.1) is 0 Å². The average Bonchev–Trinajstić information content (AvgIpc) is 2.45. The molecule has 1 aliphatic carbocycles. The van der Waals surface area contributed by atoms with Gasteiger partial charge < -0.3 is 16.2 Å². The second-order valence-corrected chi connectivity index (χ2v) is 5.15. The Labute approximate surface area is 124 Å². The number of methoxy groups -OCH3 is 1. The fourth-order valence-electron chi connectivity index (χ4n) is 2.41. The number of nitrogen functional groups attached to an aromatic ring is 1. The van der Waals surface area contributed by atoms with E-state index in [1.807, 2.05) is 12.1 Å². The Bertz CT molecular complexity index is 615. The van der Waals surface area contributed by atoms with E-state index in [1.54, 1.807) is 13.2 Å². The van der Waals surface area contributed by atoms with Gasteiger partial charge in [0.2, 0.25) is 0 Å². The highest BCUT2D eigenvalue weighted by molar-refractivity contribution is 6.33. The number of rotatable bonds is 3. The van der Waals surface area contributed by atoms with Crippen LogP contribution in [-0.2, 0) is 4.74 Å². The minimum absolute atomic E-state index is 0.364. The molecule has 1 aliphatic rings. The van der Waals surface area contributed by atoms with Crippen LogP contribution in [-0.4, -0.2) is 7.11 Å². The van der Waals surface area contributed by atoms with Crippen molar-refractivity contribution in [3.8, 4) is 0 Å². The highest BCUT2D eigenvalue weighted by atomic mass is 35.5. The maximum Gasteiger partial charge on any atom is 0.192 e. The molecule has 2 rings (SSSR count). The predicted molar refractivity (Wildman–Crippen MR) is 85.1 cm³/mol. The summed E-state index contributed by atoms with van der Waals surface area (Å²) in [5.41, 5.74) is 16.7. The van der Waals surface area contributed by atoms with Gasteiger partial charge in [-0.15, -0.1) is 0 Å². The quantitative estimate of drug-likeness (QED) is 0.656.